The smallest absolute Gasteiger partial charge is 0.0201 e. The molecule has 0 saturated heterocycles. The maximum Gasteiger partial charge on any atom is -0.0201 e. The minimum absolute atomic E-state index is 1.29. The Morgan fingerprint density at radius 3 is 2.18 bits per heavy atom. The Bertz CT molecular complexity index is 249. The van der Waals surface area contributed by atoms with E-state index in [1.54, 1.807) is 0 Å². The van der Waals surface area contributed by atoms with Crippen LogP contribution in [-0.2, 0) is 0 Å². The molecule has 0 aliphatic heterocycles. The van der Waals surface area contributed by atoms with Crippen molar-refractivity contribution in [2.45, 2.75) is 13.8 Å². The van der Waals surface area contributed by atoms with Gasteiger partial charge in [-0.25, -0.2) is 0 Å². The molecule has 0 nitrogen and oxygen atoms in total. The van der Waals surface area contributed by atoms with Gasteiger partial charge < -0.3 is 0 Å². The Kier molecular flexibility index (Phi) is 2.48. The van der Waals surface area contributed by atoms with Gasteiger partial charge >= 0.3 is 0 Å². The molecular formula is C11H13. The highest BCUT2D eigenvalue weighted by molar-refractivity contribution is 5.57. The molecule has 0 heterocycles. The zero-order valence-corrected chi connectivity index (χ0v) is 7.09. The van der Waals surface area contributed by atoms with Gasteiger partial charge in [0, 0.05) is 0 Å². The maximum absolute atomic E-state index is 3.68. The van der Waals surface area contributed by atoms with Crippen molar-refractivity contribution in [1.82, 2.24) is 0 Å². The van der Waals surface area contributed by atoms with Crippen molar-refractivity contribution in [1.29, 1.82) is 0 Å². The van der Waals surface area contributed by atoms with E-state index in [-0.39, 0.29) is 0 Å². The van der Waals surface area contributed by atoms with E-state index in [1.165, 1.54) is 16.7 Å². The molecule has 0 heteroatoms. The predicted octanol–water partition coefficient (Wildman–Crippen LogP) is 3.15. The number of hydrogen-bond donors (Lipinski definition) is 0. The van der Waals surface area contributed by atoms with Crippen LogP contribution in [0.3, 0.4) is 0 Å². The molecule has 1 aromatic carbocycles. The molecule has 0 N–H and O–H groups in total. The molecule has 0 unspecified atom stereocenters. The zero-order chi connectivity index (χ0) is 8.27. The van der Waals surface area contributed by atoms with Gasteiger partial charge in [-0.15, -0.1) is 0 Å². The average molecular weight is 145 g/mol. The van der Waals surface area contributed by atoms with Crippen LogP contribution in [0.4, 0.5) is 0 Å². The fraction of sp³-hybridized carbons (Fsp3) is 0.182. The van der Waals surface area contributed by atoms with E-state index in [4.69, 9.17) is 0 Å². The molecule has 0 aliphatic carbocycles. The molecule has 1 radical (unpaired) electrons. The molecule has 0 saturated carbocycles. The Hall–Kier alpha value is -1.04. The maximum atomic E-state index is 3.68. The van der Waals surface area contributed by atoms with Gasteiger partial charge in [-0.2, -0.15) is 0 Å². The minimum atomic E-state index is 1.29. The molecule has 0 aromatic heterocycles. The van der Waals surface area contributed by atoms with Crippen molar-refractivity contribution >= 4 is 6.08 Å². The lowest BCUT2D eigenvalue weighted by Crippen LogP contribution is -1.84. The van der Waals surface area contributed by atoms with Crippen LogP contribution in [-0.4, -0.2) is 0 Å². The Morgan fingerprint density at radius 2 is 1.73 bits per heavy atom. The summed E-state index contributed by atoms with van der Waals surface area (Å²) in [6, 6.07) is 6.30. The second kappa shape index (κ2) is 3.38. The molecule has 0 aliphatic rings. The summed E-state index contributed by atoms with van der Waals surface area (Å²) in [5, 5.41) is 0. The van der Waals surface area contributed by atoms with Crippen molar-refractivity contribution in [2.24, 2.45) is 0 Å². The normalized spacial score (nSPS) is 10.8. The van der Waals surface area contributed by atoms with Crippen LogP contribution in [0.2, 0.25) is 0 Å². The third-order valence-corrected chi connectivity index (χ3v) is 1.83. The van der Waals surface area contributed by atoms with E-state index in [0.29, 0.717) is 0 Å². The molecule has 0 bridgehead atoms. The zero-order valence-electron chi connectivity index (χ0n) is 7.09. The lowest BCUT2D eigenvalue weighted by atomic mass is 10.0. The molecule has 0 amide bonds. The van der Waals surface area contributed by atoms with Crippen LogP contribution in [0.1, 0.15) is 16.7 Å². The Morgan fingerprint density at radius 1 is 1.18 bits per heavy atom. The van der Waals surface area contributed by atoms with E-state index in [0.717, 1.165) is 0 Å². The first-order chi connectivity index (χ1) is 5.25. The quantitative estimate of drug-likeness (QED) is 0.569. The number of allylic oxidation sites excluding steroid dienone is 1. The van der Waals surface area contributed by atoms with Crippen molar-refractivity contribution < 1.29 is 0 Å². The first kappa shape index (κ1) is 8.06. The summed E-state index contributed by atoms with van der Waals surface area (Å²) in [5.74, 6) is 0. The van der Waals surface area contributed by atoms with E-state index in [9.17, 15) is 0 Å². The SMILES string of the molecule is [CH2]C=Cc1c(C)cccc1C. The second-order valence-electron chi connectivity index (χ2n) is 2.71. The Balaban J connectivity index is 3.20. The van der Waals surface area contributed by atoms with Gasteiger partial charge in [-0.3, -0.25) is 0 Å². The summed E-state index contributed by atoms with van der Waals surface area (Å²) in [4.78, 5) is 0. The molecule has 0 spiro atoms. The van der Waals surface area contributed by atoms with Gasteiger partial charge in [0.2, 0.25) is 0 Å². The van der Waals surface area contributed by atoms with Gasteiger partial charge in [0.25, 0.3) is 0 Å². The topological polar surface area (TPSA) is 0 Å². The number of rotatable bonds is 1. The summed E-state index contributed by atoms with van der Waals surface area (Å²) in [5.41, 5.74) is 3.91. The number of hydrogen-bond acceptors (Lipinski definition) is 0. The van der Waals surface area contributed by atoms with Crippen molar-refractivity contribution in [2.75, 3.05) is 0 Å². The molecule has 11 heavy (non-hydrogen) atoms. The summed E-state index contributed by atoms with van der Waals surface area (Å²) >= 11 is 0. The first-order valence-corrected chi connectivity index (χ1v) is 3.77. The van der Waals surface area contributed by atoms with Gasteiger partial charge in [0.1, 0.15) is 0 Å². The molecule has 1 aromatic rings. The average Bonchev–Trinajstić information content (AvgIpc) is 1.97. The molecule has 0 atom stereocenters. The molecule has 57 valence electrons. The molecule has 1 rings (SSSR count). The fourth-order valence-electron chi connectivity index (χ4n) is 1.21. The predicted molar refractivity (Wildman–Crippen MR) is 50.3 cm³/mol. The van der Waals surface area contributed by atoms with Crippen LogP contribution >= 0.6 is 0 Å². The summed E-state index contributed by atoms with van der Waals surface area (Å²) in [6.45, 7) is 7.91. The third-order valence-electron chi connectivity index (χ3n) is 1.83. The lowest BCUT2D eigenvalue weighted by molar-refractivity contribution is 1.36. The van der Waals surface area contributed by atoms with Crippen molar-refractivity contribution in [3.8, 4) is 0 Å². The highest BCUT2D eigenvalue weighted by Gasteiger charge is 1.95. The van der Waals surface area contributed by atoms with Crippen LogP contribution in [0.25, 0.3) is 6.08 Å². The standard InChI is InChI=1S/C11H13/c1-4-6-11-9(2)7-5-8-10(11)3/h4-8H,1H2,2-3H3. The van der Waals surface area contributed by atoms with E-state index >= 15 is 0 Å². The molecular weight excluding hydrogens is 132 g/mol. The monoisotopic (exact) mass is 145 g/mol. The first-order valence-electron chi connectivity index (χ1n) is 3.77. The summed E-state index contributed by atoms with van der Waals surface area (Å²) < 4.78 is 0. The van der Waals surface area contributed by atoms with Crippen LogP contribution in [0.5, 0.6) is 0 Å². The van der Waals surface area contributed by atoms with Crippen molar-refractivity contribution in [3.05, 3.63) is 47.9 Å². The van der Waals surface area contributed by atoms with Gasteiger partial charge in [-0.1, -0.05) is 30.4 Å². The van der Waals surface area contributed by atoms with Gasteiger partial charge in [-0.05, 0) is 37.5 Å². The lowest BCUT2D eigenvalue weighted by Gasteiger charge is -2.02. The van der Waals surface area contributed by atoms with Crippen molar-refractivity contribution in [3.63, 3.8) is 0 Å². The highest BCUT2D eigenvalue weighted by atomic mass is 14.0. The number of aryl methyl sites for hydroxylation is 2. The highest BCUT2D eigenvalue weighted by Crippen LogP contribution is 2.14. The third kappa shape index (κ3) is 1.70. The summed E-state index contributed by atoms with van der Waals surface area (Å²) in [6.07, 6.45) is 3.88. The van der Waals surface area contributed by atoms with Gasteiger partial charge in [0.05, 0.1) is 0 Å². The largest absolute Gasteiger partial charge is 0.0836 e. The second-order valence-corrected chi connectivity index (χ2v) is 2.71. The van der Waals surface area contributed by atoms with Crippen LogP contribution < -0.4 is 0 Å². The minimum Gasteiger partial charge on any atom is -0.0836 e. The fourth-order valence-corrected chi connectivity index (χ4v) is 1.21. The van der Waals surface area contributed by atoms with E-state index < -0.39 is 0 Å². The van der Waals surface area contributed by atoms with Crippen LogP contribution in [0, 0.1) is 20.8 Å². The van der Waals surface area contributed by atoms with E-state index in [2.05, 4.69) is 39.0 Å². The van der Waals surface area contributed by atoms with Crippen LogP contribution in [0.15, 0.2) is 24.3 Å². The van der Waals surface area contributed by atoms with Gasteiger partial charge in [0.15, 0.2) is 0 Å². The number of benzene rings is 1. The molecule has 0 fully saturated rings. The Labute approximate surface area is 68.6 Å². The van der Waals surface area contributed by atoms with E-state index in [1.807, 2.05) is 12.2 Å². The summed E-state index contributed by atoms with van der Waals surface area (Å²) in [7, 11) is 0.